The maximum atomic E-state index is 12.3. The van der Waals surface area contributed by atoms with Crippen LogP contribution in [-0.4, -0.2) is 53.2 Å². The maximum Gasteiger partial charge on any atom is 0.335 e. The number of carboxylic acid groups (broad SMARTS) is 1. The zero-order valence-corrected chi connectivity index (χ0v) is 27.3. The van der Waals surface area contributed by atoms with E-state index in [9.17, 15) is 24.6 Å². The lowest BCUT2D eigenvalue weighted by Gasteiger charge is -2.36. The molecule has 11 heteroatoms. The molecule has 5 rings (SSSR count). The van der Waals surface area contributed by atoms with Crippen molar-refractivity contribution in [2.75, 3.05) is 18.9 Å². The normalized spacial score (nSPS) is 17.3. The first-order valence-electron chi connectivity index (χ1n) is 15.6. The van der Waals surface area contributed by atoms with Crippen LogP contribution >= 0.6 is 11.8 Å². The summed E-state index contributed by atoms with van der Waals surface area (Å²) in [5.74, 6) is -0.815. The van der Waals surface area contributed by atoms with Gasteiger partial charge in [0.2, 0.25) is 0 Å². The standard InChI is InChI=1S/C37H38N2O8S/c1-2-45-34(41)21-39-37(44)38-20-29-5-3-4-6-32(29)25-11-13-28(14-12-25)36-46-30(23-48-31-17-15-27(16-18-31)35(42)43)19-33(47-36)26-9-7-24(22-40)8-10-26/h3-18,30,33,36,40H,2,19-23H2,1H3,(H,42,43)(H2,38,39,44)/t30-,33+,36+/m0/s1. The molecule has 250 valence electrons. The Balaban J connectivity index is 1.28. The second-order valence-electron chi connectivity index (χ2n) is 11.1. The van der Waals surface area contributed by atoms with Crippen LogP contribution in [0.3, 0.4) is 0 Å². The Morgan fingerprint density at radius 1 is 0.875 bits per heavy atom. The molecule has 1 heterocycles. The summed E-state index contributed by atoms with van der Waals surface area (Å²) < 4.78 is 17.8. The molecule has 1 fully saturated rings. The van der Waals surface area contributed by atoms with Gasteiger partial charge < -0.3 is 35.1 Å². The van der Waals surface area contributed by atoms with Crippen LogP contribution in [0.1, 0.15) is 58.4 Å². The van der Waals surface area contributed by atoms with Gasteiger partial charge in [-0.15, -0.1) is 11.8 Å². The van der Waals surface area contributed by atoms with Gasteiger partial charge in [0.1, 0.15) is 6.54 Å². The van der Waals surface area contributed by atoms with Crippen molar-refractivity contribution in [3.63, 3.8) is 0 Å². The van der Waals surface area contributed by atoms with E-state index in [2.05, 4.69) is 10.6 Å². The van der Waals surface area contributed by atoms with Gasteiger partial charge in [0, 0.05) is 29.2 Å². The van der Waals surface area contributed by atoms with Crippen molar-refractivity contribution in [1.82, 2.24) is 10.6 Å². The summed E-state index contributed by atoms with van der Waals surface area (Å²) in [4.78, 5) is 36.0. The zero-order valence-electron chi connectivity index (χ0n) is 26.5. The van der Waals surface area contributed by atoms with Crippen molar-refractivity contribution in [3.8, 4) is 11.1 Å². The molecule has 0 radical (unpaired) electrons. The molecule has 10 nitrogen and oxygen atoms in total. The van der Waals surface area contributed by atoms with E-state index in [-0.39, 0.29) is 44.1 Å². The number of aromatic carboxylic acids is 1. The molecule has 0 aliphatic carbocycles. The molecule has 0 bridgehead atoms. The van der Waals surface area contributed by atoms with E-state index in [0.29, 0.717) is 12.2 Å². The Morgan fingerprint density at radius 2 is 1.58 bits per heavy atom. The molecular formula is C37H38N2O8S. The molecule has 1 aliphatic rings. The van der Waals surface area contributed by atoms with Crippen molar-refractivity contribution in [2.45, 2.75) is 49.9 Å². The number of thioether (sulfide) groups is 1. The lowest BCUT2D eigenvalue weighted by atomic mass is 9.98. The molecule has 0 unspecified atom stereocenters. The van der Waals surface area contributed by atoms with Gasteiger partial charge >= 0.3 is 18.0 Å². The van der Waals surface area contributed by atoms with Crippen molar-refractivity contribution in [2.24, 2.45) is 0 Å². The SMILES string of the molecule is CCOC(=O)CNC(=O)NCc1ccccc1-c1ccc([C@@H]2O[C@H](CSc3ccc(C(=O)O)cc3)C[C@H](c3ccc(CO)cc3)O2)cc1. The molecule has 2 amide bonds. The highest BCUT2D eigenvalue weighted by Crippen LogP contribution is 2.40. The zero-order chi connectivity index (χ0) is 33.9. The third-order valence-corrected chi connectivity index (χ3v) is 8.95. The number of nitrogens with one attached hydrogen (secondary N) is 2. The Kier molecular flexibility index (Phi) is 12.2. The summed E-state index contributed by atoms with van der Waals surface area (Å²) in [5, 5.41) is 24.0. The number of rotatable bonds is 13. The van der Waals surface area contributed by atoms with Crippen LogP contribution in [0.25, 0.3) is 11.1 Å². The third-order valence-electron chi connectivity index (χ3n) is 7.80. The smallest absolute Gasteiger partial charge is 0.335 e. The first-order valence-corrected chi connectivity index (χ1v) is 16.6. The minimum absolute atomic E-state index is 0.0360. The fraction of sp³-hybridized carbons (Fsp3) is 0.270. The number of carboxylic acids is 1. The van der Waals surface area contributed by atoms with E-state index in [4.69, 9.17) is 14.2 Å². The number of urea groups is 1. The number of amides is 2. The van der Waals surface area contributed by atoms with Crippen molar-refractivity contribution >= 4 is 29.7 Å². The number of aliphatic hydroxyl groups excluding tert-OH is 1. The number of hydrogen-bond acceptors (Lipinski definition) is 8. The summed E-state index contributed by atoms with van der Waals surface area (Å²) >= 11 is 1.60. The second kappa shape index (κ2) is 16.9. The van der Waals surface area contributed by atoms with Crippen LogP contribution in [0, 0.1) is 0 Å². The highest BCUT2D eigenvalue weighted by Gasteiger charge is 2.32. The lowest BCUT2D eigenvalue weighted by molar-refractivity contribution is -0.245. The number of hydrogen-bond donors (Lipinski definition) is 4. The lowest BCUT2D eigenvalue weighted by Crippen LogP contribution is -2.38. The molecule has 4 aromatic carbocycles. The van der Waals surface area contributed by atoms with Crippen LogP contribution in [0.5, 0.6) is 0 Å². The highest BCUT2D eigenvalue weighted by atomic mass is 32.2. The minimum atomic E-state index is -0.960. The summed E-state index contributed by atoms with van der Waals surface area (Å²) in [6.07, 6.45) is -0.397. The number of esters is 1. The predicted molar refractivity (Wildman–Crippen MR) is 181 cm³/mol. The number of carbonyl (C=O) groups is 3. The molecule has 3 atom stereocenters. The van der Waals surface area contributed by atoms with Crippen molar-refractivity contribution < 1.29 is 38.8 Å². The molecular weight excluding hydrogens is 632 g/mol. The molecule has 0 spiro atoms. The van der Waals surface area contributed by atoms with Crippen LogP contribution in [0.15, 0.2) is 102 Å². The van der Waals surface area contributed by atoms with Crippen LogP contribution < -0.4 is 10.6 Å². The van der Waals surface area contributed by atoms with Gasteiger partial charge in [-0.25, -0.2) is 9.59 Å². The molecule has 4 aromatic rings. The number of ether oxygens (including phenoxy) is 3. The minimum Gasteiger partial charge on any atom is -0.478 e. The topological polar surface area (TPSA) is 143 Å². The molecule has 1 saturated heterocycles. The summed E-state index contributed by atoms with van der Waals surface area (Å²) in [6.45, 7) is 1.97. The average molecular weight is 671 g/mol. The largest absolute Gasteiger partial charge is 0.478 e. The van der Waals surface area contributed by atoms with Crippen LogP contribution in [0.4, 0.5) is 4.79 Å². The Hall–Kier alpha value is -4.68. The van der Waals surface area contributed by atoms with E-state index < -0.39 is 24.3 Å². The highest BCUT2D eigenvalue weighted by molar-refractivity contribution is 7.99. The van der Waals surface area contributed by atoms with E-state index in [0.717, 1.165) is 38.3 Å². The summed E-state index contributed by atoms with van der Waals surface area (Å²) in [6, 6.07) is 29.8. The molecule has 48 heavy (non-hydrogen) atoms. The van der Waals surface area contributed by atoms with Gasteiger partial charge in [0.25, 0.3) is 0 Å². The monoisotopic (exact) mass is 670 g/mol. The molecule has 0 aromatic heterocycles. The third kappa shape index (κ3) is 9.45. The van der Waals surface area contributed by atoms with Gasteiger partial charge in [-0.3, -0.25) is 4.79 Å². The van der Waals surface area contributed by atoms with E-state index >= 15 is 0 Å². The summed E-state index contributed by atoms with van der Waals surface area (Å²) in [5.41, 5.74) is 5.71. The van der Waals surface area contributed by atoms with Gasteiger partial charge in [0.15, 0.2) is 6.29 Å². The fourth-order valence-electron chi connectivity index (χ4n) is 5.28. The number of benzene rings is 4. The predicted octanol–water partition coefficient (Wildman–Crippen LogP) is 6.24. The Labute approximate surface area is 283 Å². The Morgan fingerprint density at radius 3 is 2.27 bits per heavy atom. The first kappa shape index (κ1) is 34.6. The van der Waals surface area contributed by atoms with Crippen molar-refractivity contribution in [3.05, 3.63) is 125 Å². The van der Waals surface area contributed by atoms with Gasteiger partial charge in [0.05, 0.1) is 31.0 Å². The second-order valence-corrected chi connectivity index (χ2v) is 12.2. The number of carbonyl (C=O) groups excluding carboxylic acids is 2. The molecule has 0 saturated carbocycles. The van der Waals surface area contributed by atoms with Crippen molar-refractivity contribution in [1.29, 1.82) is 0 Å². The van der Waals surface area contributed by atoms with E-state index in [1.165, 1.54) is 0 Å². The quantitative estimate of drug-likeness (QED) is 0.0960. The fourth-order valence-corrected chi connectivity index (χ4v) is 6.21. The van der Waals surface area contributed by atoms with Gasteiger partial charge in [-0.05, 0) is 59.0 Å². The molecule has 1 aliphatic heterocycles. The average Bonchev–Trinajstić information content (AvgIpc) is 3.12. The summed E-state index contributed by atoms with van der Waals surface area (Å²) in [7, 11) is 0. The van der Waals surface area contributed by atoms with Crippen LogP contribution in [-0.2, 0) is 32.2 Å². The van der Waals surface area contributed by atoms with E-state index in [1.807, 2.05) is 72.8 Å². The van der Waals surface area contributed by atoms with Gasteiger partial charge in [-0.1, -0.05) is 72.8 Å². The van der Waals surface area contributed by atoms with Gasteiger partial charge in [-0.2, -0.15) is 0 Å². The molecule has 4 N–H and O–H groups in total. The Bertz CT molecular complexity index is 1680. The van der Waals surface area contributed by atoms with Crippen LogP contribution in [0.2, 0.25) is 0 Å². The number of aliphatic hydroxyl groups is 1. The van der Waals surface area contributed by atoms with E-state index in [1.54, 1.807) is 43.0 Å². The maximum absolute atomic E-state index is 12.3. The first-order chi connectivity index (χ1) is 23.3.